The van der Waals surface area contributed by atoms with E-state index in [0.29, 0.717) is 29.3 Å². The molecule has 26 heavy (non-hydrogen) atoms. The van der Waals surface area contributed by atoms with Gasteiger partial charge in [-0.05, 0) is 44.0 Å². The zero-order valence-electron chi connectivity index (χ0n) is 14.4. The minimum absolute atomic E-state index is 0.117. The maximum absolute atomic E-state index is 11.4. The predicted molar refractivity (Wildman–Crippen MR) is 97.3 cm³/mol. The van der Waals surface area contributed by atoms with Gasteiger partial charge in [0.15, 0.2) is 5.78 Å². The van der Waals surface area contributed by atoms with Crippen LogP contribution in [0.5, 0.6) is 5.75 Å². The molecule has 1 N–H and O–H groups in total. The third-order valence-electron chi connectivity index (χ3n) is 4.17. The number of hydrogen-bond acceptors (Lipinski definition) is 6. The van der Waals surface area contributed by atoms with E-state index in [4.69, 9.17) is 9.47 Å². The number of benzene rings is 2. The lowest BCUT2D eigenvalue weighted by molar-refractivity contribution is -0.383. The number of hydrogen-bond donors (Lipinski definition) is 1. The Morgan fingerprint density at radius 3 is 2.88 bits per heavy atom. The quantitative estimate of drug-likeness (QED) is 0.456. The molecule has 0 aliphatic carbocycles. The summed E-state index contributed by atoms with van der Waals surface area (Å²) in [5.41, 5.74) is 1.13. The number of nitrogens with zero attached hydrogens (tertiary/aromatic N) is 1. The molecule has 7 heteroatoms. The summed E-state index contributed by atoms with van der Waals surface area (Å²) < 4.78 is 11.3. The van der Waals surface area contributed by atoms with E-state index in [-0.39, 0.29) is 17.6 Å². The van der Waals surface area contributed by atoms with Gasteiger partial charge in [0.05, 0.1) is 11.0 Å². The van der Waals surface area contributed by atoms with Crippen LogP contribution in [-0.2, 0) is 4.74 Å². The van der Waals surface area contributed by atoms with E-state index in [0.717, 1.165) is 19.4 Å². The van der Waals surface area contributed by atoms with Gasteiger partial charge in [0, 0.05) is 30.0 Å². The van der Waals surface area contributed by atoms with Gasteiger partial charge in [-0.15, -0.1) is 0 Å². The van der Waals surface area contributed by atoms with Crippen molar-refractivity contribution in [3.63, 3.8) is 0 Å². The minimum Gasteiger partial charge on any atom is -0.491 e. The summed E-state index contributed by atoms with van der Waals surface area (Å²) in [5, 5.41) is 14.3. The first-order valence-corrected chi connectivity index (χ1v) is 8.44. The Labute approximate surface area is 151 Å². The highest BCUT2D eigenvalue weighted by Gasteiger charge is 2.18. The first-order chi connectivity index (χ1) is 12.5. The fourth-order valence-electron chi connectivity index (χ4n) is 2.79. The van der Waals surface area contributed by atoms with Crippen LogP contribution in [0.4, 0.5) is 17.1 Å². The number of nitrogens with one attached hydrogen (secondary N) is 1. The van der Waals surface area contributed by atoms with Crippen molar-refractivity contribution in [1.29, 1.82) is 0 Å². The number of Topliss-reactive ketones (excluding diaryl/α,β-unsaturated/α-hetero) is 1. The van der Waals surface area contributed by atoms with Crippen molar-refractivity contribution >= 4 is 22.8 Å². The molecular formula is C19H20N2O5. The van der Waals surface area contributed by atoms with Crippen molar-refractivity contribution in [2.45, 2.75) is 25.9 Å². The molecule has 1 saturated heterocycles. The molecule has 0 aromatic heterocycles. The Hall–Kier alpha value is -2.93. The third kappa shape index (κ3) is 4.37. The van der Waals surface area contributed by atoms with Crippen LogP contribution >= 0.6 is 0 Å². The summed E-state index contributed by atoms with van der Waals surface area (Å²) in [6.45, 7) is 2.63. The van der Waals surface area contributed by atoms with Gasteiger partial charge >= 0.3 is 0 Å². The molecule has 1 heterocycles. The molecule has 3 rings (SSSR count). The summed E-state index contributed by atoms with van der Waals surface area (Å²) in [4.78, 5) is 22.3. The molecule has 2 aromatic rings. The summed E-state index contributed by atoms with van der Waals surface area (Å²) in [6, 6.07) is 11.6. The lowest BCUT2D eigenvalue weighted by Crippen LogP contribution is -2.16. The average Bonchev–Trinajstić information content (AvgIpc) is 3.14. The molecule has 0 amide bonds. The lowest BCUT2D eigenvalue weighted by Gasteiger charge is -2.13. The van der Waals surface area contributed by atoms with Crippen LogP contribution < -0.4 is 10.1 Å². The lowest BCUT2D eigenvalue weighted by atomic mass is 10.1. The number of carbonyl (C=O) groups is 1. The largest absolute Gasteiger partial charge is 0.491 e. The fraction of sp³-hybridized carbons (Fsp3) is 0.316. The van der Waals surface area contributed by atoms with Gasteiger partial charge in [0.25, 0.3) is 5.69 Å². The minimum atomic E-state index is -0.507. The van der Waals surface area contributed by atoms with E-state index in [9.17, 15) is 14.9 Å². The van der Waals surface area contributed by atoms with E-state index in [2.05, 4.69) is 5.32 Å². The third-order valence-corrected chi connectivity index (χ3v) is 4.17. The second-order valence-corrected chi connectivity index (χ2v) is 6.14. The summed E-state index contributed by atoms with van der Waals surface area (Å²) in [7, 11) is 0. The van der Waals surface area contributed by atoms with Crippen LogP contribution in [0.3, 0.4) is 0 Å². The second-order valence-electron chi connectivity index (χ2n) is 6.14. The molecule has 1 unspecified atom stereocenters. The highest BCUT2D eigenvalue weighted by molar-refractivity contribution is 5.95. The SMILES string of the molecule is CC(=O)c1ccc(Nc2cccc(OCC3CCCO3)c2)c([N+](=O)[O-])c1. The van der Waals surface area contributed by atoms with Gasteiger partial charge in [-0.3, -0.25) is 14.9 Å². The molecule has 136 valence electrons. The van der Waals surface area contributed by atoms with Gasteiger partial charge in [0.1, 0.15) is 18.0 Å². The maximum atomic E-state index is 11.4. The van der Waals surface area contributed by atoms with E-state index < -0.39 is 4.92 Å². The van der Waals surface area contributed by atoms with E-state index in [1.54, 1.807) is 18.2 Å². The van der Waals surface area contributed by atoms with Crippen molar-refractivity contribution in [2.24, 2.45) is 0 Å². The molecule has 1 fully saturated rings. The number of nitro groups is 1. The first kappa shape index (κ1) is 17.9. The summed E-state index contributed by atoms with van der Waals surface area (Å²) in [5.74, 6) is 0.442. The Kier molecular flexibility index (Phi) is 5.48. The Bertz CT molecular complexity index is 815. The summed E-state index contributed by atoms with van der Waals surface area (Å²) >= 11 is 0. The number of rotatable bonds is 7. The topological polar surface area (TPSA) is 90.7 Å². The maximum Gasteiger partial charge on any atom is 0.293 e. The van der Waals surface area contributed by atoms with Crippen LogP contribution in [0.1, 0.15) is 30.1 Å². The van der Waals surface area contributed by atoms with Crippen molar-refractivity contribution < 1.29 is 19.2 Å². The van der Waals surface area contributed by atoms with Crippen LogP contribution in [0.15, 0.2) is 42.5 Å². The normalized spacial score (nSPS) is 16.3. The highest BCUT2D eigenvalue weighted by Crippen LogP contribution is 2.30. The molecule has 7 nitrogen and oxygen atoms in total. The molecule has 0 spiro atoms. The zero-order valence-corrected chi connectivity index (χ0v) is 14.4. The van der Waals surface area contributed by atoms with Gasteiger partial charge in [0.2, 0.25) is 0 Å². The zero-order chi connectivity index (χ0) is 18.5. The molecule has 1 atom stereocenters. The van der Waals surface area contributed by atoms with Gasteiger partial charge in [-0.1, -0.05) is 6.07 Å². The molecule has 2 aromatic carbocycles. The molecule has 1 aliphatic rings. The number of nitro benzene ring substituents is 1. The van der Waals surface area contributed by atoms with Crippen LogP contribution in [0.25, 0.3) is 0 Å². The molecule has 0 radical (unpaired) electrons. The van der Waals surface area contributed by atoms with Crippen molar-refractivity contribution in [3.8, 4) is 5.75 Å². The summed E-state index contributed by atoms with van der Waals surface area (Å²) in [6.07, 6.45) is 2.16. The van der Waals surface area contributed by atoms with Gasteiger partial charge in [-0.25, -0.2) is 0 Å². The Morgan fingerprint density at radius 1 is 1.35 bits per heavy atom. The van der Waals surface area contributed by atoms with Crippen molar-refractivity contribution in [3.05, 3.63) is 58.1 Å². The Morgan fingerprint density at radius 2 is 2.19 bits per heavy atom. The average molecular weight is 356 g/mol. The monoisotopic (exact) mass is 356 g/mol. The van der Waals surface area contributed by atoms with E-state index >= 15 is 0 Å². The number of ether oxygens (including phenoxy) is 2. The van der Waals surface area contributed by atoms with Crippen LogP contribution in [0, 0.1) is 10.1 Å². The highest BCUT2D eigenvalue weighted by atomic mass is 16.6. The number of carbonyl (C=O) groups excluding carboxylic acids is 1. The molecule has 0 bridgehead atoms. The molecule has 0 saturated carbocycles. The second kappa shape index (κ2) is 7.97. The molecule has 1 aliphatic heterocycles. The van der Waals surface area contributed by atoms with Crippen LogP contribution in [0.2, 0.25) is 0 Å². The van der Waals surface area contributed by atoms with Gasteiger partial charge in [-0.2, -0.15) is 0 Å². The fourth-order valence-corrected chi connectivity index (χ4v) is 2.79. The molecular weight excluding hydrogens is 336 g/mol. The van der Waals surface area contributed by atoms with Crippen molar-refractivity contribution in [1.82, 2.24) is 0 Å². The first-order valence-electron chi connectivity index (χ1n) is 8.44. The smallest absolute Gasteiger partial charge is 0.293 e. The Balaban J connectivity index is 1.75. The number of anilines is 2. The van der Waals surface area contributed by atoms with Crippen molar-refractivity contribution in [2.75, 3.05) is 18.5 Å². The predicted octanol–water partition coefficient (Wildman–Crippen LogP) is 4.10. The standard InChI is InChI=1S/C19H20N2O5/c1-13(22)14-7-8-18(19(10-14)21(23)24)20-15-4-2-5-16(11-15)26-12-17-6-3-9-25-17/h2,4-5,7-8,10-11,17,20H,3,6,9,12H2,1H3. The van der Waals surface area contributed by atoms with E-state index in [1.165, 1.54) is 19.1 Å². The van der Waals surface area contributed by atoms with Gasteiger partial charge < -0.3 is 14.8 Å². The number of ketones is 1. The van der Waals surface area contributed by atoms with E-state index in [1.807, 2.05) is 12.1 Å². The van der Waals surface area contributed by atoms with Crippen LogP contribution in [-0.4, -0.2) is 30.0 Å².